The van der Waals surface area contributed by atoms with Crippen LogP contribution in [0.5, 0.6) is 5.88 Å². The standard InChI is InChI=1S/C27H30F5N3O4S/c1-16-21(29)15-22(35(16)40(37,38)20-7-4-18(28)5-8-20)23(36)9-6-19-14-24(34-25(33-19)17-2-3-17)39-13-12-26(10-11-26)27(30,31)32/h4-5,7-8,14,16-17,21-22H,2-3,6,9-13,15H2,1H3/t16-,21+,22-/m0/s1. The Balaban J connectivity index is 1.27. The Labute approximate surface area is 229 Å². The van der Waals surface area contributed by atoms with Crippen LogP contribution in [0, 0.1) is 11.2 Å². The van der Waals surface area contributed by atoms with Gasteiger partial charge in [0.25, 0.3) is 0 Å². The van der Waals surface area contributed by atoms with Gasteiger partial charge in [-0.15, -0.1) is 0 Å². The molecular formula is C27H30F5N3O4S. The summed E-state index contributed by atoms with van der Waals surface area (Å²) in [4.78, 5) is 21.8. The first-order chi connectivity index (χ1) is 18.8. The number of carbonyl (C=O) groups is 1. The summed E-state index contributed by atoms with van der Waals surface area (Å²) in [6, 6.07) is 3.27. The normalized spacial score (nSPS) is 24.7. The second kappa shape index (κ2) is 10.6. The fourth-order valence-electron chi connectivity index (χ4n) is 5.16. The fourth-order valence-corrected chi connectivity index (χ4v) is 6.99. The van der Waals surface area contributed by atoms with Gasteiger partial charge in [0, 0.05) is 30.5 Å². The number of sulfonamides is 1. The number of aromatic nitrogens is 2. The van der Waals surface area contributed by atoms with Crippen LogP contribution in [0.15, 0.2) is 35.2 Å². The van der Waals surface area contributed by atoms with Crippen molar-refractivity contribution < 1.29 is 39.9 Å². The Morgan fingerprint density at radius 1 is 1.15 bits per heavy atom. The van der Waals surface area contributed by atoms with Crippen molar-refractivity contribution in [3.8, 4) is 5.88 Å². The SMILES string of the molecule is C[C@H]1[C@H](F)C[C@@H](C(=O)CCc2cc(OCCC3(C(F)(F)F)CC3)nc(C3CC3)n2)N1S(=O)(=O)c1ccc(F)cc1. The van der Waals surface area contributed by atoms with Crippen molar-refractivity contribution >= 4 is 15.8 Å². The van der Waals surface area contributed by atoms with E-state index in [2.05, 4.69) is 9.97 Å². The number of aryl methyl sites for hydroxylation is 1. The summed E-state index contributed by atoms with van der Waals surface area (Å²) >= 11 is 0. The number of nitrogens with zero attached hydrogens (tertiary/aromatic N) is 3. The predicted octanol–water partition coefficient (Wildman–Crippen LogP) is 5.30. The summed E-state index contributed by atoms with van der Waals surface area (Å²) in [7, 11) is -4.28. The highest BCUT2D eigenvalue weighted by Gasteiger charge is 2.62. The van der Waals surface area contributed by atoms with Gasteiger partial charge in [-0.1, -0.05) is 0 Å². The molecule has 3 atom stereocenters. The van der Waals surface area contributed by atoms with Crippen LogP contribution < -0.4 is 4.74 Å². The smallest absolute Gasteiger partial charge is 0.394 e. The molecule has 3 aliphatic rings. The molecule has 218 valence electrons. The number of halogens is 5. The lowest BCUT2D eigenvalue weighted by Gasteiger charge is -2.26. The molecule has 0 unspecified atom stereocenters. The first kappa shape index (κ1) is 28.8. The first-order valence-corrected chi connectivity index (χ1v) is 14.8. The third-order valence-electron chi connectivity index (χ3n) is 8.07. The van der Waals surface area contributed by atoms with Crippen LogP contribution in [0.2, 0.25) is 0 Å². The number of alkyl halides is 4. The van der Waals surface area contributed by atoms with Gasteiger partial charge in [-0.2, -0.15) is 22.5 Å². The Hall–Kier alpha value is -2.67. The summed E-state index contributed by atoms with van der Waals surface area (Å²) in [5.41, 5.74) is -1.26. The van der Waals surface area contributed by atoms with Crippen LogP contribution in [0.4, 0.5) is 22.0 Å². The molecule has 3 fully saturated rings. The van der Waals surface area contributed by atoms with Crippen molar-refractivity contribution in [1.82, 2.24) is 14.3 Å². The molecule has 13 heteroatoms. The van der Waals surface area contributed by atoms with Gasteiger partial charge in [0.2, 0.25) is 15.9 Å². The number of Topliss-reactive ketones (excluding diaryl/α,β-unsaturated/α-hetero) is 1. The minimum atomic E-state index is -4.28. The summed E-state index contributed by atoms with van der Waals surface area (Å²) < 4.78 is 101. The maximum Gasteiger partial charge on any atom is 0.394 e. The molecule has 1 saturated heterocycles. The first-order valence-electron chi connectivity index (χ1n) is 13.3. The third-order valence-corrected chi connectivity index (χ3v) is 10.1. The van der Waals surface area contributed by atoms with Crippen LogP contribution in [-0.4, -0.2) is 59.5 Å². The molecule has 5 rings (SSSR count). The molecule has 0 spiro atoms. The number of benzene rings is 1. The van der Waals surface area contributed by atoms with E-state index in [1.54, 1.807) is 0 Å². The minimum absolute atomic E-state index is 0.0811. The van der Waals surface area contributed by atoms with Gasteiger partial charge in [0.1, 0.15) is 17.8 Å². The molecule has 2 aromatic rings. The van der Waals surface area contributed by atoms with Crippen LogP contribution in [-0.2, 0) is 21.2 Å². The minimum Gasteiger partial charge on any atom is -0.478 e. The largest absolute Gasteiger partial charge is 0.478 e. The van der Waals surface area contributed by atoms with Gasteiger partial charge < -0.3 is 4.74 Å². The lowest BCUT2D eigenvalue weighted by atomic mass is 10.0. The maximum absolute atomic E-state index is 14.7. The molecular weight excluding hydrogens is 557 g/mol. The van der Waals surface area contributed by atoms with E-state index >= 15 is 0 Å². The van der Waals surface area contributed by atoms with E-state index in [1.165, 1.54) is 13.0 Å². The summed E-state index contributed by atoms with van der Waals surface area (Å²) in [6.45, 7) is 1.23. The molecule has 1 aliphatic heterocycles. The fraction of sp³-hybridized carbons (Fsp3) is 0.593. The highest BCUT2D eigenvalue weighted by atomic mass is 32.2. The van der Waals surface area contributed by atoms with Gasteiger partial charge in [-0.25, -0.2) is 22.2 Å². The van der Waals surface area contributed by atoms with Crippen molar-refractivity contribution in [3.63, 3.8) is 0 Å². The average Bonchev–Trinajstić information content (AvgIpc) is 3.81. The Morgan fingerprint density at radius 2 is 1.82 bits per heavy atom. The summed E-state index contributed by atoms with van der Waals surface area (Å²) in [5.74, 6) is -0.377. The van der Waals surface area contributed by atoms with Gasteiger partial charge in [-0.05, 0) is 69.7 Å². The van der Waals surface area contributed by atoms with E-state index in [0.717, 1.165) is 41.4 Å². The second-order valence-electron chi connectivity index (χ2n) is 11.0. The van der Waals surface area contributed by atoms with Crippen LogP contribution in [0.25, 0.3) is 0 Å². The second-order valence-corrected chi connectivity index (χ2v) is 12.8. The Bertz CT molecular complexity index is 1360. The van der Waals surface area contributed by atoms with E-state index in [0.29, 0.717) is 11.5 Å². The van der Waals surface area contributed by atoms with Gasteiger partial charge in [-0.3, -0.25) is 4.79 Å². The molecule has 2 heterocycles. The van der Waals surface area contributed by atoms with Crippen molar-refractivity contribution in [1.29, 1.82) is 0 Å². The average molecular weight is 588 g/mol. The van der Waals surface area contributed by atoms with Crippen LogP contribution in [0.3, 0.4) is 0 Å². The highest BCUT2D eigenvalue weighted by molar-refractivity contribution is 7.89. The molecule has 0 N–H and O–H groups in total. The highest BCUT2D eigenvalue weighted by Crippen LogP contribution is 2.59. The van der Waals surface area contributed by atoms with Crippen molar-refractivity contribution in [2.45, 2.75) is 93.5 Å². The van der Waals surface area contributed by atoms with Gasteiger partial charge in [0.05, 0.1) is 29.0 Å². The topological polar surface area (TPSA) is 89.5 Å². The van der Waals surface area contributed by atoms with Crippen molar-refractivity contribution in [2.24, 2.45) is 5.41 Å². The molecule has 1 aromatic heterocycles. The molecule has 0 amide bonds. The quantitative estimate of drug-likeness (QED) is 0.332. The zero-order valence-electron chi connectivity index (χ0n) is 21.8. The summed E-state index contributed by atoms with van der Waals surface area (Å²) in [5, 5.41) is 0. The number of hydrogen-bond acceptors (Lipinski definition) is 6. The number of rotatable bonds is 11. The Kier molecular flexibility index (Phi) is 7.66. The predicted molar refractivity (Wildman–Crippen MR) is 133 cm³/mol. The Morgan fingerprint density at radius 3 is 2.42 bits per heavy atom. The van der Waals surface area contributed by atoms with E-state index in [9.17, 15) is 35.2 Å². The van der Waals surface area contributed by atoms with Crippen LogP contribution >= 0.6 is 0 Å². The third kappa shape index (κ3) is 5.86. The molecule has 2 aliphatic carbocycles. The van der Waals surface area contributed by atoms with Crippen molar-refractivity contribution in [2.75, 3.05) is 6.61 Å². The van der Waals surface area contributed by atoms with E-state index in [1.807, 2.05) is 0 Å². The monoisotopic (exact) mass is 587 g/mol. The van der Waals surface area contributed by atoms with E-state index in [-0.39, 0.29) is 61.8 Å². The lowest BCUT2D eigenvalue weighted by Crippen LogP contribution is -2.44. The maximum atomic E-state index is 14.7. The number of ether oxygens (including phenoxy) is 1. The van der Waals surface area contributed by atoms with E-state index < -0.39 is 51.5 Å². The molecule has 40 heavy (non-hydrogen) atoms. The molecule has 0 bridgehead atoms. The molecule has 2 saturated carbocycles. The zero-order chi connectivity index (χ0) is 28.9. The van der Waals surface area contributed by atoms with Gasteiger partial charge in [0.15, 0.2) is 5.78 Å². The lowest BCUT2D eigenvalue weighted by molar-refractivity contribution is -0.190. The number of carbonyl (C=O) groups excluding carboxylic acids is 1. The zero-order valence-corrected chi connectivity index (χ0v) is 22.6. The van der Waals surface area contributed by atoms with Crippen LogP contribution in [0.1, 0.15) is 69.3 Å². The molecule has 0 radical (unpaired) electrons. The van der Waals surface area contributed by atoms with Crippen molar-refractivity contribution in [3.05, 3.63) is 47.7 Å². The molecule has 1 aromatic carbocycles. The van der Waals surface area contributed by atoms with Gasteiger partial charge >= 0.3 is 6.18 Å². The summed E-state index contributed by atoms with van der Waals surface area (Å²) in [6.07, 6.45) is -4.46. The van der Waals surface area contributed by atoms with E-state index in [4.69, 9.17) is 4.74 Å². The molecule has 7 nitrogen and oxygen atoms in total. The number of hydrogen-bond donors (Lipinski definition) is 0. The number of ketones is 1.